The topological polar surface area (TPSA) is 12.5 Å². The molecule has 0 bridgehead atoms. The molecule has 1 heterocycles. The second-order valence-electron chi connectivity index (χ2n) is 2.66. The van der Waals surface area contributed by atoms with Crippen LogP contribution in [0.25, 0.3) is 0 Å². The van der Waals surface area contributed by atoms with Crippen molar-refractivity contribution < 1.29 is 4.74 Å². The van der Waals surface area contributed by atoms with Gasteiger partial charge in [-0.25, -0.2) is 0 Å². The van der Waals surface area contributed by atoms with Crippen LogP contribution >= 0.6 is 0 Å². The summed E-state index contributed by atoms with van der Waals surface area (Å²) in [7, 11) is 0. The Morgan fingerprint density at radius 3 is 3.38 bits per heavy atom. The first-order chi connectivity index (χ1) is 3.97. The van der Waals surface area contributed by atoms with E-state index in [1.807, 2.05) is 0 Å². The van der Waals surface area contributed by atoms with E-state index in [1.165, 1.54) is 25.7 Å². The van der Waals surface area contributed by atoms with Gasteiger partial charge in [0.25, 0.3) is 0 Å². The van der Waals surface area contributed by atoms with Crippen molar-refractivity contribution in [2.75, 3.05) is 0 Å². The Morgan fingerprint density at radius 2 is 2.38 bits per heavy atom. The van der Waals surface area contributed by atoms with Gasteiger partial charge in [-0.3, -0.25) is 0 Å². The molecule has 0 amide bonds. The Morgan fingerprint density at radius 1 is 1.38 bits per heavy atom. The standard InChI is InChI=1S/C7H11O/c1-2-4-6-7(8-6)5-3-1/h4,6-7H,1-3,5H2. The van der Waals surface area contributed by atoms with E-state index < -0.39 is 0 Å². The molecule has 1 radical (unpaired) electrons. The number of ether oxygens (including phenoxy) is 1. The van der Waals surface area contributed by atoms with Gasteiger partial charge in [0.2, 0.25) is 0 Å². The van der Waals surface area contributed by atoms with Crippen molar-refractivity contribution in [1.29, 1.82) is 0 Å². The van der Waals surface area contributed by atoms with Gasteiger partial charge in [-0.15, -0.1) is 0 Å². The van der Waals surface area contributed by atoms with Crippen molar-refractivity contribution in [2.24, 2.45) is 0 Å². The molecule has 1 saturated heterocycles. The Labute approximate surface area is 50.0 Å². The predicted molar refractivity (Wildman–Crippen MR) is 31.4 cm³/mol. The fraction of sp³-hybridized carbons (Fsp3) is 0.857. The molecule has 0 aromatic carbocycles. The average Bonchev–Trinajstić information content (AvgIpc) is 2.36. The lowest BCUT2D eigenvalue weighted by Crippen LogP contribution is -1.88. The fourth-order valence-corrected chi connectivity index (χ4v) is 1.37. The Balaban J connectivity index is 1.89. The maximum absolute atomic E-state index is 5.30. The van der Waals surface area contributed by atoms with Gasteiger partial charge in [-0.1, -0.05) is 12.8 Å². The van der Waals surface area contributed by atoms with Gasteiger partial charge >= 0.3 is 0 Å². The molecule has 2 unspecified atom stereocenters. The SMILES string of the molecule is [CH]1CCCCC2OC12. The summed E-state index contributed by atoms with van der Waals surface area (Å²) < 4.78 is 5.30. The first-order valence-electron chi connectivity index (χ1n) is 3.45. The van der Waals surface area contributed by atoms with Crippen LogP contribution in [0.5, 0.6) is 0 Å². The van der Waals surface area contributed by atoms with Crippen LogP contribution in [0.15, 0.2) is 0 Å². The summed E-state index contributed by atoms with van der Waals surface area (Å²) in [5.74, 6) is 0. The summed E-state index contributed by atoms with van der Waals surface area (Å²) in [6.07, 6.45) is 8.86. The maximum Gasteiger partial charge on any atom is 0.0873 e. The molecule has 8 heavy (non-hydrogen) atoms. The summed E-state index contributed by atoms with van der Waals surface area (Å²) in [6, 6.07) is 0. The zero-order valence-electron chi connectivity index (χ0n) is 4.97. The molecule has 1 aliphatic heterocycles. The molecule has 2 fully saturated rings. The molecule has 0 spiro atoms. The molecule has 0 N–H and O–H groups in total. The van der Waals surface area contributed by atoms with Crippen molar-refractivity contribution in [3.05, 3.63) is 6.42 Å². The summed E-state index contributed by atoms with van der Waals surface area (Å²) in [5.41, 5.74) is 0. The molecule has 0 aromatic heterocycles. The van der Waals surface area contributed by atoms with E-state index in [9.17, 15) is 0 Å². The second-order valence-corrected chi connectivity index (χ2v) is 2.66. The largest absolute Gasteiger partial charge is 0.369 e. The molecule has 1 aliphatic carbocycles. The van der Waals surface area contributed by atoms with Crippen LogP contribution in [-0.2, 0) is 4.74 Å². The molecule has 1 saturated carbocycles. The molecule has 0 aromatic rings. The lowest BCUT2D eigenvalue weighted by Gasteiger charge is -1.90. The monoisotopic (exact) mass is 111 g/mol. The quantitative estimate of drug-likeness (QED) is 0.432. The molecule has 1 heteroatoms. The van der Waals surface area contributed by atoms with E-state index >= 15 is 0 Å². The van der Waals surface area contributed by atoms with E-state index in [1.54, 1.807) is 0 Å². The molecular weight excluding hydrogens is 100 g/mol. The molecule has 2 rings (SSSR count). The zero-order chi connectivity index (χ0) is 5.40. The highest BCUT2D eigenvalue weighted by atomic mass is 16.6. The smallest absolute Gasteiger partial charge is 0.0873 e. The number of rotatable bonds is 0. The third kappa shape index (κ3) is 0.752. The van der Waals surface area contributed by atoms with Crippen LogP contribution in [0.1, 0.15) is 25.7 Å². The van der Waals surface area contributed by atoms with Crippen LogP contribution in [0.4, 0.5) is 0 Å². The van der Waals surface area contributed by atoms with Gasteiger partial charge in [-0.2, -0.15) is 0 Å². The summed E-state index contributed by atoms with van der Waals surface area (Å²) in [5, 5.41) is 0. The Kier molecular flexibility index (Phi) is 1.04. The van der Waals surface area contributed by atoms with Crippen LogP contribution in [0, 0.1) is 6.42 Å². The Bertz CT molecular complexity index is 80.4. The maximum atomic E-state index is 5.30. The highest BCUT2D eigenvalue weighted by Crippen LogP contribution is 2.33. The molecule has 45 valence electrons. The van der Waals surface area contributed by atoms with E-state index in [0.29, 0.717) is 12.2 Å². The van der Waals surface area contributed by atoms with Crippen molar-refractivity contribution in [3.63, 3.8) is 0 Å². The van der Waals surface area contributed by atoms with Gasteiger partial charge in [0.1, 0.15) is 0 Å². The van der Waals surface area contributed by atoms with Gasteiger partial charge < -0.3 is 4.74 Å². The zero-order valence-corrected chi connectivity index (χ0v) is 4.97. The van der Waals surface area contributed by atoms with Gasteiger partial charge in [0, 0.05) is 0 Å². The fourth-order valence-electron chi connectivity index (χ4n) is 1.37. The molecule has 2 aliphatic rings. The average molecular weight is 111 g/mol. The van der Waals surface area contributed by atoms with Crippen LogP contribution in [0.3, 0.4) is 0 Å². The number of hydrogen-bond acceptors (Lipinski definition) is 1. The molecule has 1 nitrogen and oxygen atoms in total. The predicted octanol–water partition coefficient (Wildman–Crippen LogP) is 1.53. The first-order valence-corrected chi connectivity index (χ1v) is 3.45. The lowest BCUT2D eigenvalue weighted by molar-refractivity contribution is 0.357. The van der Waals surface area contributed by atoms with Gasteiger partial charge in [0.15, 0.2) is 0 Å². The minimum Gasteiger partial charge on any atom is -0.369 e. The van der Waals surface area contributed by atoms with Crippen LogP contribution < -0.4 is 0 Å². The number of epoxide rings is 1. The van der Waals surface area contributed by atoms with E-state index in [-0.39, 0.29) is 0 Å². The van der Waals surface area contributed by atoms with Crippen molar-refractivity contribution in [1.82, 2.24) is 0 Å². The van der Waals surface area contributed by atoms with Crippen LogP contribution in [-0.4, -0.2) is 12.2 Å². The molecular formula is C7H11O. The lowest BCUT2D eigenvalue weighted by atomic mass is 10.2. The summed E-state index contributed by atoms with van der Waals surface area (Å²) >= 11 is 0. The number of hydrogen-bond donors (Lipinski definition) is 0. The highest BCUT2D eigenvalue weighted by molar-refractivity contribution is 4.97. The van der Waals surface area contributed by atoms with E-state index in [4.69, 9.17) is 4.74 Å². The van der Waals surface area contributed by atoms with Crippen LogP contribution in [0.2, 0.25) is 0 Å². The summed E-state index contributed by atoms with van der Waals surface area (Å²) in [4.78, 5) is 0. The highest BCUT2D eigenvalue weighted by Gasteiger charge is 2.38. The van der Waals surface area contributed by atoms with E-state index in [0.717, 1.165) is 0 Å². The van der Waals surface area contributed by atoms with Crippen molar-refractivity contribution in [2.45, 2.75) is 37.9 Å². The van der Waals surface area contributed by atoms with Crippen molar-refractivity contribution >= 4 is 0 Å². The molecule has 2 atom stereocenters. The Hall–Kier alpha value is -0.0400. The first kappa shape index (κ1) is 4.80. The van der Waals surface area contributed by atoms with Gasteiger partial charge in [0.05, 0.1) is 12.2 Å². The third-order valence-electron chi connectivity index (χ3n) is 1.96. The third-order valence-corrected chi connectivity index (χ3v) is 1.96. The summed E-state index contributed by atoms with van der Waals surface area (Å²) in [6.45, 7) is 0. The normalized spacial score (nSPS) is 45.0. The number of fused-ring (bicyclic) bond motifs is 1. The second kappa shape index (κ2) is 1.73. The van der Waals surface area contributed by atoms with Gasteiger partial charge in [-0.05, 0) is 19.3 Å². The van der Waals surface area contributed by atoms with E-state index in [2.05, 4.69) is 6.42 Å². The minimum atomic E-state index is 0.567. The van der Waals surface area contributed by atoms with Crippen molar-refractivity contribution in [3.8, 4) is 0 Å². The minimum absolute atomic E-state index is 0.567.